The Labute approximate surface area is 93.3 Å². The maximum Gasteiger partial charge on any atom is 0.394 e. The van der Waals surface area contributed by atoms with Crippen molar-refractivity contribution < 1.29 is 22.6 Å². The van der Waals surface area contributed by atoms with Crippen LogP contribution in [0.2, 0.25) is 0 Å². The van der Waals surface area contributed by atoms with Crippen LogP contribution in [0.1, 0.15) is 23.6 Å². The van der Waals surface area contributed by atoms with Crippen molar-refractivity contribution in [3.05, 3.63) is 29.3 Å². The molecule has 1 aromatic carbocycles. The van der Waals surface area contributed by atoms with Crippen LogP contribution in [-0.2, 0) is 16.8 Å². The summed E-state index contributed by atoms with van der Waals surface area (Å²) >= 11 is 0. The van der Waals surface area contributed by atoms with Crippen molar-refractivity contribution in [3.63, 3.8) is 0 Å². The van der Waals surface area contributed by atoms with Gasteiger partial charge in [-0.25, -0.2) is 0 Å². The van der Waals surface area contributed by atoms with Gasteiger partial charge >= 0.3 is 10.4 Å². The number of aryl methyl sites for hydroxylation is 1. The van der Waals surface area contributed by atoms with Crippen LogP contribution < -0.4 is 5.73 Å². The van der Waals surface area contributed by atoms with E-state index in [0.717, 1.165) is 18.4 Å². The Kier molecular flexibility index (Phi) is 3.87. The average Bonchev–Trinajstić information content (AvgIpc) is 2.45. The second kappa shape index (κ2) is 4.79. The van der Waals surface area contributed by atoms with Gasteiger partial charge in [0.05, 0.1) is 0 Å². The fourth-order valence-electron chi connectivity index (χ4n) is 1.62. The van der Waals surface area contributed by atoms with Crippen LogP contribution in [0.25, 0.3) is 0 Å². The molecule has 6 nitrogen and oxygen atoms in total. The van der Waals surface area contributed by atoms with Crippen molar-refractivity contribution >= 4 is 10.4 Å². The summed E-state index contributed by atoms with van der Waals surface area (Å²) in [5.41, 5.74) is 8.21. The zero-order valence-corrected chi connectivity index (χ0v) is 9.18. The molecular formula is C9H13NO5S. The molecule has 0 saturated heterocycles. The summed E-state index contributed by atoms with van der Waals surface area (Å²) in [6.45, 7) is 0. The van der Waals surface area contributed by atoms with E-state index in [1.165, 1.54) is 5.56 Å². The third-order valence-electron chi connectivity index (χ3n) is 2.25. The molecule has 0 saturated carbocycles. The number of hydrogen-bond donors (Lipinski definition) is 4. The smallest absolute Gasteiger partial charge is 0.394 e. The van der Waals surface area contributed by atoms with Crippen LogP contribution in [-0.4, -0.2) is 22.6 Å². The Morgan fingerprint density at radius 3 is 2.44 bits per heavy atom. The fourth-order valence-corrected chi connectivity index (χ4v) is 1.62. The van der Waals surface area contributed by atoms with E-state index in [2.05, 4.69) is 0 Å². The van der Waals surface area contributed by atoms with Crippen LogP contribution in [0, 0.1) is 0 Å². The molecule has 0 aromatic heterocycles. The number of aromatic hydroxyl groups is 1. The Bertz CT molecular complexity index is 463. The normalized spacial score (nSPS) is 18.6. The lowest BCUT2D eigenvalue weighted by Gasteiger charge is -2.03. The highest BCUT2D eigenvalue weighted by molar-refractivity contribution is 7.79. The number of benzene rings is 1. The third-order valence-corrected chi connectivity index (χ3v) is 2.25. The zero-order valence-electron chi connectivity index (χ0n) is 8.37. The van der Waals surface area contributed by atoms with Crippen LogP contribution in [0.15, 0.2) is 18.2 Å². The van der Waals surface area contributed by atoms with Crippen molar-refractivity contribution in [2.75, 3.05) is 0 Å². The molecule has 0 spiro atoms. The van der Waals surface area contributed by atoms with E-state index in [0.29, 0.717) is 5.75 Å². The lowest BCUT2D eigenvalue weighted by atomic mass is 10.1. The van der Waals surface area contributed by atoms with Gasteiger partial charge in [-0.15, -0.1) is 0 Å². The first-order chi connectivity index (χ1) is 7.27. The molecule has 16 heavy (non-hydrogen) atoms. The Balaban J connectivity index is 0.000000221. The first kappa shape index (κ1) is 12.9. The molecule has 7 heteroatoms. The maximum atomic E-state index is 9.16. The SMILES string of the molecule is N[C@@H]1CCc2ccc(O)cc21.O=S(=O)(O)O. The maximum absolute atomic E-state index is 9.16. The molecule has 1 aromatic rings. The molecule has 0 unspecified atom stereocenters. The summed E-state index contributed by atoms with van der Waals surface area (Å²) < 4.78 is 31.6. The Hall–Kier alpha value is -1.15. The van der Waals surface area contributed by atoms with E-state index in [1.807, 2.05) is 6.07 Å². The van der Waals surface area contributed by atoms with Gasteiger partial charge in [0.2, 0.25) is 0 Å². The first-order valence-electron chi connectivity index (χ1n) is 4.54. The van der Waals surface area contributed by atoms with E-state index in [4.69, 9.17) is 28.4 Å². The summed E-state index contributed by atoms with van der Waals surface area (Å²) in [5.74, 6) is 0.320. The lowest BCUT2D eigenvalue weighted by molar-refractivity contribution is 0.381. The van der Waals surface area contributed by atoms with E-state index < -0.39 is 10.4 Å². The summed E-state index contributed by atoms with van der Waals surface area (Å²) in [5, 5.41) is 9.16. The van der Waals surface area contributed by atoms with Crippen molar-refractivity contribution in [3.8, 4) is 5.75 Å². The molecule has 2 rings (SSSR count). The van der Waals surface area contributed by atoms with Gasteiger partial charge in [-0.1, -0.05) is 6.07 Å². The first-order valence-corrected chi connectivity index (χ1v) is 5.94. The Morgan fingerprint density at radius 1 is 1.31 bits per heavy atom. The standard InChI is InChI=1S/C9H11NO.H2O4S/c10-9-4-2-6-1-3-7(11)5-8(6)9;1-5(2,3)4/h1,3,5,9,11H,2,4,10H2;(H2,1,2,3,4)/t9-;/m1./s1. The van der Waals surface area contributed by atoms with Gasteiger partial charge < -0.3 is 10.8 Å². The van der Waals surface area contributed by atoms with E-state index in [1.54, 1.807) is 12.1 Å². The molecular weight excluding hydrogens is 234 g/mol. The second-order valence-corrected chi connectivity index (χ2v) is 4.37. The number of hydrogen-bond acceptors (Lipinski definition) is 4. The summed E-state index contributed by atoms with van der Waals surface area (Å²) in [6, 6.07) is 5.58. The van der Waals surface area contributed by atoms with Gasteiger partial charge in [0.15, 0.2) is 0 Å². The average molecular weight is 247 g/mol. The summed E-state index contributed by atoms with van der Waals surface area (Å²) in [4.78, 5) is 0. The molecule has 1 aliphatic rings. The molecule has 5 N–H and O–H groups in total. The monoisotopic (exact) mass is 247 g/mol. The van der Waals surface area contributed by atoms with Crippen molar-refractivity contribution in [1.29, 1.82) is 0 Å². The highest BCUT2D eigenvalue weighted by Crippen LogP contribution is 2.31. The van der Waals surface area contributed by atoms with Crippen molar-refractivity contribution in [2.24, 2.45) is 5.73 Å². The van der Waals surface area contributed by atoms with Gasteiger partial charge in [0.1, 0.15) is 5.75 Å². The highest BCUT2D eigenvalue weighted by Gasteiger charge is 2.18. The topological polar surface area (TPSA) is 121 Å². The van der Waals surface area contributed by atoms with E-state index in [-0.39, 0.29) is 6.04 Å². The predicted octanol–water partition coefficient (Wildman–Crippen LogP) is 0.685. The molecule has 0 bridgehead atoms. The van der Waals surface area contributed by atoms with E-state index in [9.17, 15) is 0 Å². The largest absolute Gasteiger partial charge is 0.508 e. The van der Waals surface area contributed by atoms with Gasteiger partial charge in [-0.3, -0.25) is 9.11 Å². The van der Waals surface area contributed by atoms with Gasteiger partial charge in [-0.05, 0) is 36.1 Å². The number of fused-ring (bicyclic) bond motifs is 1. The molecule has 0 heterocycles. The third kappa shape index (κ3) is 4.15. The molecule has 0 radical (unpaired) electrons. The molecule has 1 atom stereocenters. The Morgan fingerprint density at radius 2 is 1.88 bits per heavy atom. The van der Waals surface area contributed by atoms with Crippen molar-refractivity contribution in [2.45, 2.75) is 18.9 Å². The molecule has 1 aliphatic carbocycles. The number of nitrogens with two attached hydrogens (primary N) is 1. The minimum absolute atomic E-state index is 0.136. The summed E-state index contributed by atoms with van der Waals surface area (Å²) in [7, 11) is -4.67. The lowest BCUT2D eigenvalue weighted by Crippen LogP contribution is -2.04. The van der Waals surface area contributed by atoms with E-state index >= 15 is 0 Å². The highest BCUT2D eigenvalue weighted by atomic mass is 32.3. The number of phenols is 1. The summed E-state index contributed by atoms with van der Waals surface area (Å²) in [6.07, 6.45) is 2.07. The van der Waals surface area contributed by atoms with Crippen molar-refractivity contribution in [1.82, 2.24) is 0 Å². The van der Waals surface area contributed by atoms with Crippen LogP contribution in [0.4, 0.5) is 0 Å². The molecule has 0 fully saturated rings. The van der Waals surface area contributed by atoms with Gasteiger partial charge in [0.25, 0.3) is 0 Å². The minimum Gasteiger partial charge on any atom is -0.508 e. The molecule has 0 amide bonds. The molecule has 0 aliphatic heterocycles. The van der Waals surface area contributed by atoms with Crippen LogP contribution in [0.3, 0.4) is 0 Å². The van der Waals surface area contributed by atoms with Gasteiger partial charge in [-0.2, -0.15) is 8.42 Å². The molecule has 90 valence electrons. The minimum atomic E-state index is -4.67. The van der Waals surface area contributed by atoms with Gasteiger partial charge in [0, 0.05) is 6.04 Å². The number of rotatable bonds is 0. The van der Waals surface area contributed by atoms with Crippen LogP contribution >= 0.6 is 0 Å². The predicted molar refractivity (Wildman–Crippen MR) is 57.5 cm³/mol. The quantitative estimate of drug-likeness (QED) is 0.500. The second-order valence-electron chi connectivity index (χ2n) is 3.48. The van der Waals surface area contributed by atoms with Crippen LogP contribution in [0.5, 0.6) is 5.75 Å². The fraction of sp³-hybridized carbons (Fsp3) is 0.333. The zero-order chi connectivity index (χ0) is 12.3. The number of phenolic OH excluding ortho intramolecular Hbond substituents is 1.